The summed E-state index contributed by atoms with van der Waals surface area (Å²) in [5.41, 5.74) is 0.610. The lowest BCUT2D eigenvalue weighted by Crippen LogP contribution is -2.04. The van der Waals surface area contributed by atoms with Crippen LogP contribution >= 0.6 is 35.4 Å². The summed E-state index contributed by atoms with van der Waals surface area (Å²) in [7, 11) is 0. The van der Waals surface area contributed by atoms with Crippen molar-refractivity contribution in [1.82, 2.24) is 14.9 Å². The number of H-pyrrole nitrogens is 1. The number of ether oxygens (including phenoxy) is 1. The summed E-state index contributed by atoms with van der Waals surface area (Å²) in [5, 5.41) is 12.1. The highest BCUT2D eigenvalue weighted by Gasteiger charge is 2.07. The molecule has 8 heteroatoms. The Morgan fingerprint density at radius 2 is 1.83 bits per heavy atom. The van der Waals surface area contributed by atoms with Crippen LogP contribution in [0.4, 0.5) is 0 Å². The van der Waals surface area contributed by atoms with Gasteiger partial charge in [0.1, 0.15) is 12.4 Å². The average molecular weight is 379 g/mol. The fraction of sp³-hybridized carbons (Fsp3) is 0.0625. The number of nitrogens with zero attached hydrogens (tertiary/aromatic N) is 3. The highest BCUT2D eigenvalue weighted by molar-refractivity contribution is 7.71. The number of halogens is 2. The van der Waals surface area contributed by atoms with E-state index in [9.17, 15) is 0 Å². The SMILES string of the molecule is S=c1[nH]nc(COc2ccccc2)n1/N=C/c1c(Cl)cccc1Cl. The van der Waals surface area contributed by atoms with Gasteiger partial charge in [0.2, 0.25) is 4.77 Å². The molecule has 1 N–H and O–H groups in total. The lowest BCUT2D eigenvalue weighted by Gasteiger charge is -2.05. The van der Waals surface area contributed by atoms with Crippen molar-refractivity contribution in [2.24, 2.45) is 5.10 Å². The molecule has 24 heavy (non-hydrogen) atoms. The minimum atomic E-state index is 0.213. The molecule has 3 aromatic rings. The average Bonchev–Trinajstić information content (AvgIpc) is 2.94. The summed E-state index contributed by atoms with van der Waals surface area (Å²) in [6.07, 6.45) is 1.54. The summed E-state index contributed by atoms with van der Waals surface area (Å²) in [4.78, 5) is 0. The molecular weight excluding hydrogens is 367 g/mol. The molecule has 0 saturated heterocycles. The van der Waals surface area contributed by atoms with Crippen LogP contribution in [0.5, 0.6) is 5.75 Å². The summed E-state index contributed by atoms with van der Waals surface area (Å²) >= 11 is 17.5. The molecule has 0 bridgehead atoms. The Labute approximate surface area is 153 Å². The van der Waals surface area contributed by atoms with E-state index in [1.54, 1.807) is 24.4 Å². The molecular formula is C16H12Cl2N4OS. The van der Waals surface area contributed by atoms with Crippen molar-refractivity contribution in [3.05, 3.63) is 74.7 Å². The molecule has 0 amide bonds. The first-order valence-corrected chi connectivity index (χ1v) is 8.14. The molecule has 0 aliphatic rings. The Hall–Kier alpha value is -2.15. The van der Waals surface area contributed by atoms with Gasteiger partial charge in [-0.1, -0.05) is 47.5 Å². The Kier molecular flexibility index (Phi) is 5.30. The largest absolute Gasteiger partial charge is 0.486 e. The van der Waals surface area contributed by atoms with E-state index in [-0.39, 0.29) is 6.61 Å². The van der Waals surface area contributed by atoms with Crippen LogP contribution in [0.2, 0.25) is 10.0 Å². The molecule has 0 spiro atoms. The van der Waals surface area contributed by atoms with E-state index in [0.29, 0.717) is 26.2 Å². The van der Waals surface area contributed by atoms with Crippen LogP contribution < -0.4 is 4.74 Å². The van der Waals surface area contributed by atoms with Crippen LogP contribution in [0.1, 0.15) is 11.4 Å². The number of nitrogens with one attached hydrogen (secondary N) is 1. The number of hydrogen-bond donors (Lipinski definition) is 1. The van der Waals surface area contributed by atoms with Crippen molar-refractivity contribution >= 4 is 41.6 Å². The molecule has 1 aromatic heterocycles. The zero-order valence-corrected chi connectivity index (χ0v) is 14.6. The van der Waals surface area contributed by atoms with Crippen LogP contribution in [0.25, 0.3) is 0 Å². The maximum absolute atomic E-state index is 6.13. The minimum absolute atomic E-state index is 0.213. The predicted molar refractivity (Wildman–Crippen MR) is 97.6 cm³/mol. The monoisotopic (exact) mass is 378 g/mol. The van der Waals surface area contributed by atoms with Gasteiger partial charge in [-0.05, 0) is 36.5 Å². The first-order chi connectivity index (χ1) is 11.6. The van der Waals surface area contributed by atoms with Crippen LogP contribution in [-0.2, 0) is 6.61 Å². The second-order valence-electron chi connectivity index (χ2n) is 4.74. The van der Waals surface area contributed by atoms with Gasteiger partial charge in [0.15, 0.2) is 5.82 Å². The lowest BCUT2D eigenvalue weighted by atomic mass is 10.2. The van der Waals surface area contributed by atoms with E-state index >= 15 is 0 Å². The third kappa shape index (κ3) is 3.84. The van der Waals surface area contributed by atoms with E-state index in [4.69, 9.17) is 40.2 Å². The number of aromatic amines is 1. The van der Waals surface area contributed by atoms with E-state index in [1.165, 1.54) is 4.68 Å². The smallest absolute Gasteiger partial charge is 0.216 e. The summed E-state index contributed by atoms with van der Waals surface area (Å²) in [6, 6.07) is 14.7. The van der Waals surface area contributed by atoms with Gasteiger partial charge in [0.25, 0.3) is 0 Å². The van der Waals surface area contributed by atoms with Crippen molar-refractivity contribution in [2.75, 3.05) is 0 Å². The Morgan fingerprint density at radius 1 is 1.12 bits per heavy atom. The van der Waals surface area contributed by atoms with Crippen molar-refractivity contribution in [2.45, 2.75) is 6.61 Å². The Balaban J connectivity index is 1.83. The number of para-hydroxylation sites is 1. The maximum Gasteiger partial charge on any atom is 0.216 e. The summed E-state index contributed by atoms with van der Waals surface area (Å²) in [5.74, 6) is 1.26. The molecule has 0 unspecified atom stereocenters. The van der Waals surface area contributed by atoms with Crippen LogP contribution in [0, 0.1) is 4.77 Å². The van der Waals surface area contributed by atoms with Gasteiger partial charge < -0.3 is 4.74 Å². The molecule has 2 aromatic carbocycles. The molecule has 0 aliphatic carbocycles. The molecule has 0 atom stereocenters. The third-order valence-corrected chi connectivity index (χ3v) is 4.05. The number of aromatic nitrogens is 3. The van der Waals surface area contributed by atoms with Gasteiger partial charge >= 0.3 is 0 Å². The molecule has 0 aliphatic heterocycles. The molecule has 0 saturated carbocycles. The maximum atomic E-state index is 6.13. The fourth-order valence-corrected chi connectivity index (χ4v) is 2.64. The standard InChI is InChI=1S/C16H12Cl2N4OS/c17-13-7-4-8-14(18)12(13)9-19-22-15(20-21-16(22)24)10-23-11-5-2-1-3-6-11/h1-9H,10H2,(H,21,24)/b19-9+. The van der Waals surface area contributed by atoms with E-state index < -0.39 is 0 Å². The number of rotatable bonds is 5. The van der Waals surface area contributed by atoms with Gasteiger partial charge in [-0.2, -0.15) is 14.9 Å². The molecule has 5 nitrogen and oxygen atoms in total. The summed E-state index contributed by atoms with van der Waals surface area (Å²) in [6.45, 7) is 0.213. The van der Waals surface area contributed by atoms with Crippen molar-refractivity contribution in [1.29, 1.82) is 0 Å². The molecule has 122 valence electrons. The van der Waals surface area contributed by atoms with E-state index in [2.05, 4.69) is 15.3 Å². The topological polar surface area (TPSA) is 55.2 Å². The highest BCUT2D eigenvalue weighted by atomic mass is 35.5. The van der Waals surface area contributed by atoms with Gasteiger partial charge in [-0.25, -0.2) is 5.10 Å². The van der Waals surface area contributed by atoms with Gasteiger partial charge in [-0.15, -0.1) is 0 Å². The van der Waals surface area contributed by atoms with Crippen LogP contribution in [0.3, 0.4) is 0 Å². The first kappa shape index (κ1) is 16.7. The summed E-state index contributed by atoms with van der Waals surface area (Å²) < 4.78 is 7.49. The van der Waals surface area contributed by atoms with Crippen molar-refractivity contribution in [3.63, 3.8) is 0 Å². The van der Waals surface area contributed by atoms with Gasteiger partial charge in [0, 0.05) is 5.56 Å². The minimum Gasteiger partial charge on any atom is -0.486 e. The number of hydrogen-bond acceptors (Lipinski definition) is 4. The highest BCUT2D eigenvalue weighted by Crippen LogP contribution is 2.22. The van der Waals surface area contributed by atoms with E-state index in [1.807, 2.05) is 30.3 Å². The van der Waals surface area contributed by atoms with Crippen LogP contribution in [0.15, 0.2) is 53.6 Å². The molecule has 3 rings (SSSR count). The Morgan fingerprint density at radius 3 is 2.54 bits per heavy atom. The first-order valence-electron chi connectivity index (χ1n) is 6.97. The molecule has 0 fully saturated rings. The molecule has 1 heterocycles. The zero-order chi connectivity index (χ0) is 16.9. The number of benzene rings is 2. The second-order valence-corrected chi connectivity index (χ2v) is 5.94. The third-order valence-electron chi connectivity index (χ3n) is 3.13. The van der Waals surface area contributed by atoms with Gasteiger partial charge in [0.05, 0.1) is 16.3 Å². The zero-order valence-electron chi connectivity index (χ0n) is 12.3. The second kappa shape index (κ2) is 7.61. The molecule has 0 radical (unpaired) electrons. The predicted octanol–water partition coefficient (Wildman–Crippen LogP) is 4.71. The fourth-order valence-electron chi connectivity index (χ4n) is 1.95. The van der Waals surface area contributed by atoms with Crippen molar-refractivity contribution in [3.8, 4) is 5.75 Å². The van der Waals surface area contributed by atoms with Gasteiger partial charge in [-0.3, -0.25) is 0 Å². The van der Waals surface area contributed by atoms with Crippen LogP contribution in [-0.4, -0.2) is 21.1 Å². The Bertz CT molecular complexity index is 901. The lowest BCUT2D eigenvalue weighted by molar-refractivity contribution is 0.290. The van der Waals surface area contributed by atoms with E-state index in [0.717, 1.165) is 5.75 Å². The van der Waals surface area contributed by atoms with Crippen molar-refractivity contribution < 1.29 is 4.74 Å². The quantitative estimate of drug-likeness (QED) is 0.516. The normalized spacial score (nSPS) is 11.1.